The zero-order valence-corrected chi connectivity index (χ0v) is 28.5. The highest BCUT2D eigenvalue weighted by molar-refractivity contribution is 7.80. The molecule has 7 N–H and O–H groups in total. The van der Waals surface area contributed by atoms with Crippen LogP contribution in [0, 0.1) is 52.3 Å². The first-order chi connectivity index (χ1) is 21.5. The zero-order chi connectivity index (χ0) is 33.8. The van der Waals surface area contributed by atoms with E-state index in [-0.39, 0.29) is 47.5 Å². The van der Waals surface area contributed by atoms with Gasteiger partial charge in [0.05, 0.1) is 24.9 Å². The molecule has 12 nitrogen and oxygen atoms in total. The van der Waals surface area contributed by atoms with Crippen molar-refractivity contribution in [3.8, 4) is 0 Å². The van der Waals surface area contributed by atoms with E-state index in [1.54, 1.807) is 0 Å². The lowest BCUT2D eigenvalue weighted by atomic mass is 9.43. The molecule has 1 saturated heterocycles. The van der Waals surface area contributed by atoms with Crippen LogP contribution in [0.4, 0.5) is 0 Å². The monoisotopic (exact) mass is 678 g/mol. The van der Waals surface area contributed by atoms with Gasteiger partial charge >= 0.3 is 10.4 Å². The van der Waals surface area contributed by atoms with Gasteiger partial charge in [-0.15, -0.1) is 0 Å². The van der Waals surface area contributed by atoms with Crippen LogP contribution < -0.4 is 0 Å². The van der Waals surface area contributed by atoms with E-state index in [4.69, 9.17) is 13.7 Å². The highest BCUT2D eigenvalue weighted by Gasteiger charge is 2.66. The third kappa shape index (κ3) is 6.82. The maximum absolute atomic E-state index is 11.6. The van der Waals surface area contributed by atoms with Gasteiger partial charge in [0.15, 0.2) is 6.29 Å². The number of aliphatic hydroxyl groups excluding tert-OH is 6. The van der Waals surface area contributed by atoms with Crippen LogP contribution in [0.25, 0.3) is 0 Å². The summed E-state index contributed by atoms with van der Waals surface area (Å²) in [5, 5.41) is 64.2. The van der Waals surface area contributed by atoms with Crippen molar-refractivity contribution in [2.45, 2.75) is 141 Å². The molecule has 13 heteroatoms. The van der Waals surface area contributed by atoms with Crippen molar-refractivity contribution in [3.63, 3.8) is 0 Å². The highest BCUT2D eigenvalue weighted by atomic mass is 32.3. The van der Waals surface area contributed by atoms with Crippen molar-refractivity contribution >= 4 is 10.4 Å². The molecule has 0 aromatic carbocycles. The van der Waals surface area contributed by atoms with Crippen molar-refractivity contribution in [2.75, 3.05) is 13.2 Å². The largest absolute Gasteiger partial charge is 0.397 e. The quantitative estimate of drug-likeness (QED) is 0.124. The van der Waals surface area contributed by atoms with Crippen LogP contribution >= 0.6 is 0 Å². The van der Waals surface area contributed by atoms with Crippen molar-refractivity contribution < 1.29 is 57.3 Å². The second-order valence-electron chi connectivity index (χ2n) is 16.1. The van der Waals surface area contributed by atoms with E-state index in [2.05, 4.69) is 27.7 Å². The van der Waals surface area contributed by atoms with E-state index in [1.165, 1.54) is 0 Å². The summed E-state index contributed by atoms with van der Waals surface area (Å²) >= 11 is 0. The summed E-state index contributed by atoms with van der Waals surface area (Å²) in [5.41, 5.74) is -0.842. The molecular formula is C33H58O12S. The molecule has 5 fully saturated rings. The zero-order valence-electron chi connectivity index (χ0n) is 27.7. The molecule has 0 amide bonds. The molecule has 268 valence electrons. The summed E-state index contributed by atoms with van der Waals surface area (Å²) in [7, 11) is -4.63. The molecule has 0 bridgehead atoms. The minimum absolute atomic E-state index is 0.0380. The Morgan fingerprint density at radius 3 is 2.24 bits per heavy atom. The molecule has 16 atom stereocenters. The van der Waals surface area contributed by atoms with Gasteiger partial charge in [-0.1, -0.05) is 40.5 Å². The molecule has 46 heavy (non-hydrogen) atoms. The van der Waals surface area contributed by atoms with Crippen LogP contribution in [0.1, 0.15) is 91.9 Å². The molecule has 0 aromatic heterocycles. The molecule has 4 aliphatic carbocycles. The first-order valence-electron chi connectivity index (χ1n) is 17.5. The van der Waals surface area contributed by atoms with Gasteiger partial charge in [-0.25, -0.2) is 4.18 Å². The Bertz CT molecular complexity index is 1140. The Morgan fingerprint density at radius 2 is 1.61 bits per heavy atom. The summed E-state index contributed by atoms with van der Waals surface area (Å²) < 4.78 is 50.0. The van der Waals surface area contributed by atoms with Gasteiger partial charge in [-0.3, -0.25) is 4.55 Å². The lowest BCUT2D eigenvalue weighted by Gasteiger charge is -2.64. The van der Waals surface area contributed by atoms with Crippen molar-refractivity contribution in [3.05, 3.63) is 0 Å². The molecule has 4 saturated carbocycles. The topological polar surface area (TPSA) is 203 Å². The predicted molar refractivity (Wildman–Crippen MR) is 166 cm³/mol. The number of ether oxygens (including phenoxy) is 2. The van der Waals surface area contributed by atoms with Crippen molar-refractivity contribution in [2.24, 2.45) is 52.3 Å². The van der Waals surface area contributed by atoms with Crippen LogP contribution in [0.2, 0.25) is 0 Å². The number of rotatable bonds is 11. The molecule has 0 aromatic rings. The lowest BCUT2D eigenvalue weighted by Crippen LogP contribution is -2.64. The SMILES string of the molecule is CC(C)CCCC(CO)C1CCC2C3CC(O)C4CC(OS(=O)(=O)O)CCC4(C)C3CC(OC3OC(CO)C(O)C(O)C3O)C12C. The summed E-state index contributed by atoms with van der Waals surface area (Å²) in [6.07, 6.45) is -1.76. The third-order valence-corrected chi connectivity index (χ3v) is 13.9. The standard InChI is InChI=1S/C33H58O12S/c1-17(2)6-5-7-18(15-34)21-8-9-22-20-13-25(36)24-12-19(45-46(40,41)42)10-11-32(24,3)23(20)14-27(33(21,22)4)44-31-30(39)29(38)28(37)26(16-35)43-31/h17-31,34-39H,5-16H2,1-4H3,(H,40,41,42). The molecular weight excluding hydrogens is 620 g/mol. The number of hydrogen-bond donors (Lipinski definition) is 7. The lowest BCUT2D eigenvalue weighted by molar-refractivity contribution is -0.333. The van der Waals surface area contributed by atoms with Crippen LogP contribution in [-0.4, -0.2) is 106 Å². The molecule has 1 heterocycles. The van der Waals surface area contributed by atoms with Crippen LogP contribution in [0.5, 0.6) is 0 Å². The summed E-state index contributed by atoms with van der Waals surface area (Å²) in [4.78, 5) is 0. The summed E-state index contributed by atoms with van der Waals surface area (Å²) in [6.45, 7) is 8.24. The van der Waals surface area contributed by atoms with Crippen LogP contribution in [0.15, 0.2) is 0 Å². The van der Waals surface area contributed by atoms with Crippen molar-refractivity contribution in [1.82, 2.24) is 0 Å². The Labute approximate surface area is 273 Å². The fourth-order valence-electron chi connectivity index (χ4n) is 11.0. The number of hydrogen-bond acceptors (Lipinski definition) is 11. The first-order valence-corrected chi connectivity index (χ1v) is 18.8. The van der Waals surface area contributed by atoms with E-state index in [0.29, 0.717) is 38.0 Å². The average molecular weight is 679 g/mol. The number of aliphatic hydroxyl groups is 6. The Kier molecular flexibility index (Phi) is 11.2. The molecule has 5 rings (SSSR count). The van der Waals surface area contributed by atoms with Crippen molar-refractivity contribution in [1.29, 1.82) is 0 Å². The average Bonchev–Trinajstić information content (AvgIpc) is 3.34. The number of fused-ring (bicyclic) bond motifs is 5. The van der Waals surface area contributed by atoms with Gasteiger partial charge in [0.2, 0.25) is 0 Å². The fourth-order valence-corrected chi connectivity index (χ4v) is 11.5. The molecule has 5 aliphatic rings. The predicted octanol–water partition coefficient (Wildman–Crippen LogP) is 2.03. The molecule has 1 aliphatic heterocycles. The summed E-state index contributed by atoms with van der Waals surface area (Å²) in [5.74, 6) is 0.791. The maximum Gasteiger partial charge on any atom is 0.397 e. The summed E-state index contributed by atoms with van der Waals surface area (Å²) in [6, 6.07) is 0. The molecule has 0 spiro atoms. The van der Waals surface area contributed by atoms with Gasteiger partial charge in [0, 0.05) is 12.0 Å². The van der Waals surface area contributed by atoms with E-state index in [1.807, 2.05) is 0 Å². The third-order valence-electron chi connectivity index (χ3n) is 13.3. The van der Waals surface area contributed by atoms with Crippen LogP contribution in [0.3, 0.4) is 0 Å². The van der Waals surface area contributed by atoms with E-state index < -0.39 is 71.4 Å². The second-order valence-corrected chi connectivity index (χ2v) is 17.1. The Hall–Kier alpha value is -0.450. The highest BCUT2D eigenvalue weighted by Crippen LogP contribution is 2.69. The van der Waals surface area contributed by atoms with Gasteiger partial charge in [-0.05, 0) is 98.2 Å². The maximum atomic E-state index is 11.6. The van der Waals surface area contributed by atoms with Crippen LogP contribution in [-0.2, 0) is 24.1 Å². The Morgan fingerprint density at radius 1 is 0.891 bits per heavy atom. The van der Waals surface area contributed by atoms with E-state index in [9.17, 15) is 43.6 Å². The fraction of sp³-hybridized carbons (Fsp3) is 1.00. The minimum atomic E-state index is -4.63. The smallest absolute Gasteiger partial charge is 0.396 e. The molecule has 0 radical (unpaired) electrons. The van der Waals surface area contributed by atoms with Gasteiger partial charge in [0.25, 0.3) is 0 Å². The normalized spacial score (nSPS) is 48.5. The molecule has 16 unspecified atom stereocenters. The van der Waals surface area contributed by atoms with Gasteiger partial charge in [-0.2, -0.15) is 8.42 Å². The first kappa shape index (κ1) is 36.8. The van der Waals surface area contributed by atoms with E-state index >= 15 is 0 Å². The second kappa shape index (κ2) is 14.0. The van der Waals surface area contributed by atoms with Gasteiger partial charge in [0.1, 0.15) is 24.4 Å². The van der Waals surface area contributed by atoms with Gasteiger partial charge < -0.3 is 40.1 Å². The van der Waals surface area contributed by atoms with E-state index in [0.717, 1.165) is 32.1 Å². The Balaban J connectivity index is 1.48. The minimum Gasteiger partial charge on any atom is -0.396 e.